The average molecular weight is 225 g/mol. The largest absolute Gasteiger partial charge is 0.289 e. The van der Waals surface area contributed by atoms with E-state index in [0.717, 1.165) is 0 Å². The van der Waals surface area contributed by atoms with Crippen molar-refractivity contribution in [1.29, 1.82) is 5.26 Å². The van der Waals surface area contributed by atoms with Gasteiger partial charge in [0.15, 0.2) is 0 Å². The van der Waals surface area contributed by atoms with Gasteiger partial charge in [0.05, 0.1) is 11.9 Å². The summed E-state index contributed by atoms with van der Waals surface area (Å²) in [6, 6.07) is 11.0. The Morgan fingerprint density at radius 1 is 1.35 bits per heavy atom. The average Bonchev–Trinajstić information content (AvgIpc) is 2.39. The molecule has 1 aromatic carbocycles. The smallest absolute Gasteiger partial charge is 0.266 e. The third-order valence-corrected chi connectivity index (χ3v) is 2.55. The van der Waals surface area contributed by atoms with E-state index in [1.54, 1.807) is 18.3 Å². The molecule has 1 aromatic heterocycles. The standard InChI is InChI=1S/C13H11N3O/c1-2-10-9-15-16(13(17)12(10)8-14)11-6-4-3-5-7-11/h3-7,9H,2H2,1H3. The van der Waals surface area contributed by atoms with Crippen LogP contribution in [0.4, 0.5) is 0 Å². The van der Waals surface area contributed by atoms with E-state index in [-0.39, 0.29) is 11.1 Å². The zero-order valence-electron chi connectivity index (χ0n) is 9.42. The van der Waals surface area contributed by atoms with Crippen molar-refractivity contribution in [3.63, 3.8) is 0 Å². The van der Waals surface area contributed by atoms with Crippen LogP contribution in [-0.4, -0.2) is 9.78 Å². The SMILES string of the molecule is CCc1cnn(-c2ccccc2)c(=O)c1C#N. The second-order valence-electron chi connectivity index (χ2n) is 3.56. The van der Waals surface area contributed by atoms with Gasteiger partial charge in [-0.25, -0.2) is 0 Å². The number of hydrogen-bond acceptors (Lipinski definition) is 3. The first-order valence-electron chi connectivity index (χ1n) is 5.34. The van der Waals surface area contributed by atoms with E-state index < -0.39 is 0 Å². The Balaban J connectivity index is 2.68. The molecule has 0 saturated heterocycles. The van der Waals surface area contributed by atoms with Crippen LogP contribution in [-0.2, 0) is 6.42 Å². The van der Waals surface area contributed by atoms with Crippen molar-refractivity contribution < 1.29 is 0 Å². The molecule has 0 saturated carbocycles. The van der Waals surface area contributed by atoms with Gasteiger partial charge >= 0.3 is 0 Å². The molecule has 0 N–H and O–H groups in total. The molecular formula is C13H11N3O. The number of para-hydroxylation sites is 1. The summed E-state index contributed by atoms with van der Waals surface area (Å²) in [5.41, 5.74) is 1.16. The molecule has 0 aliphatic rings. The molecule has 0 aliphatic carbocycles. The van der Waals surface area contributed by atoms with Gasteiger partial charge in [-0.3, -0.25) is 4.79 Å². The maximum Gasteiger partial charge on any atom is 0.289 e. The van der Waals surface area contributed by atoms with Crippen molar-refractivity contribution in [2.45, 2.75) is 13.3 Å². The molecule has 0 atom stereocenters. The van der Waals surface area contributed by atoms with Crippen LogP contribution in [0.1, 0.15) is 18.1 Å². The zero-order valence-corrected chi connectivity index (χ0v) is 9.42. The van der Waals surface area contributed by atoms with Crippen LogP contribution in [0.25, 0.3) is 5.69 Å². The van der Waals surface area contributed by atoms with Crippen LogP contribution in [0, 0.1) is 11.3 Å². The summed E-state index contributed by atoms with van der Waals surface area (Å²) in [6.07, 6.45) is 2.20. The second kappa shape index (κ2) is 4.62. The molecule has 2 rings (SSSR count). The van der Waals surface area contributed by atoms with Crippen LogP contribution in [0.2, 0.25) is 0 Å². The van der Waals surface area contributed by atoms with Gasteiger partial charge in [0, 0.05) is 0 Å². The highest BCUT2D eigenvalue weighted by Gasteiger charge is 2.10. The number of hydrogen-bond donors (Lipinski definition) is 0. The minimum atomic E-state index is -0.363. The lowest BCUT2D eigenvalue weighted by Crippen LogP contribution is -2.24. The van der Waals surface area contributed by atoms with Gasteiger partial charge in [0.1, 0.15) is 11.6 Å². The van der Waals surface area contributed by atoms with E-state index in [1.807, 2.05) is 31.2 Å². The normalized spacial score (nSPS) is 9.88. The lowest BCUT2D eigenvalue weighted by atomic mass is 10.1. The summed E-state index contributed by atoms with van der Waals surface area (Å²) < 4.78 is 1.25. The van der Waals surface area contributed by atoms with Gasteiger partial charge in [0.2, 0.25) is 0 Å². The van der Waals surface area contributed by atoms with Gasteiger partial charge in [-0.05, 0) is 24.1 Å². The third kappa shape index (κ3) is 1.95. The predicted molar refractivity (Wildman–Crippen MR) is 63.9 cm³/mol. The van der Waals surface area contributed by atoms with E-state index in [4.69, 9.17) is 5.26 Å². The van der Waals surface area contributed by atoms with E-state index in [2.05, 4.69) is 5.10 Å². The van der Waals surface area contributed by atoms with Crippen LogP contribution < -0.4 is 5.56 Å². The lowest BCUT2D eigenvalue weighted by molar-refractivity contribution is 0.788. The molecular weight excluding hydrogens is 214 g/mol. The monoisotopic (exact) mass is 225 g/mol. The predicted octanol–water partition coefficient (Wildman–Crippen LogP) is 1.67. The number of aromatic nitrogens is 2. The second-order valence-corrected chi connectivity index (χ2v) is 3.56. The molecule has 1 heterocycles. The van der Waals surface area contributed by atoms with Crippen molar-refractivity contribution >= 4 is 0 Å². The molecule has 0 aliphatic heterocycles. The van der Waals surface area contributed by atoms with Gasteiger partial charge in [-0.1, -0.05) is 25.1 Å². The van der Waals surface area contributed by atoms with Gasteiger partial charge in [0.25, 0.3) is 5.56 Å². The van der Waals surface area contributed by atoms with E-state index >= 15 is 0 Å². The highest BCUT2D eigenvalue weighted by molar-refractivity contribution is 5.37. The minimum Gasteiger partial charge on any atom is -0.266 e. The fourth-order valence-corrected chi connectivity index (χ4v) is 1.63. The highest BCUT2D eigenvalue weighted by atomic mass is 16.1. The number of benzene rings is 1. The fraction of sp³-hybridized carbons (Fsp3) is 0.154. The first kappa shape index (κ1) is 11.1. The fourth-order valence-electron chi connectivity index (χ4n) is 1.63. The molecule has 2 aromatic rings. The maximum atomic E-state index is 12.1. The van der Waals surface area contributed by atoms with Crippen molar-refractivity contribution in [2.75, 3.05) is 0 Å². The van der Waals surface area contributed by atoms with Crippen molar-refractivity contribution in [3.05, 3.63) is 58.0 Å². The molecule has 0 amide bonds. The maximum absolute atomic E-state index is 12.1. The summed E-state index contributed by atoms with van der Waals surface area (Å²) in [7, 11) is 0. The first-order chi connectivity index (χ1) is 8.27. The number of nitrogens with zero attached hydrogens (tertiary/aromatic N) is 3. The summed E-state index contributed by atoms with van der Waals surface area (Å²) in [5.74, 6) is 0. The van der Waals surface area contributed by atoms with Crippen molar-refractivity contribution in [1.82, 2.24) is 9.78 Å². The Labute approximate surface area is 98.8 Å². The molecule has 4 nitrogen and oxygen atoms in total. The summed E-state index contributed by atoms with van der Waals surface area (Å²) in [5, 5.41) is 13.1. The minimum absolute atomic E-state index is 0.173. The molecule has 0 radical (unpaired) electrons. The van der Waals surface area contributed by atoms with E-state index in [0.29, 0.717) is 17.7 Å². The van der Waals surface area contributed by atoms with Crippen LogP contribution in [0.15, 0.2) is 41.3 Å². The molecule has 0 bridgehead atoms. The molecule has 0 fully saturated rings. The Bertz CT molecular complexity index is 623. The Kier molecular flexibility index (Phi) is 3.01. The quantitative estimate of drug-likeness (QED) is 0.781. The van der Waals surface area contributed by atoms with Gasteiger partial charge in [-0.2, -0.15) is 15.0 Å². The van der Waals surface area contributed by atoms with Crippen molar-refractivity contribution in [3.8, 4) is 11.8 Å². The van der Waals surface area contributed by atoms with Crippen LogP contribution >= 0.6 is 0 Å². The summed E-state index contributed by atoms with van der Waals surface area (Å²) in [4.78, 5) is 12.1. The third-order valence-electron chi connectivity index (χ3n) is 2.55. The molecule has 0 spiro atoms. The Morgan fingerprint density at radius 2 is 2.06 bits per heavy atom. The lowest BCUT2D eigenvalue weighted by Gasteiger charge is -2.06. The molecule has 17 heavy (non-hydrogen) atoms. The number of aryl methyl sites for hydroxylation is 1. The number of rotatable bonds is 2. The summed E-state index contributed by atoms with van der Waals surface area (Å²) in [6.45, 7) is 1.89. The van der Waals surface area contributed by atoms with Gasteiger partial charge < -0.3 is 0 Å². The Hall–Kier alpha value is -2.41. The highest BCUT2D eigenvalue weighted by Crippen LogP contribution is 2.06. The number of nitriles is 1. The van der Waals surface area contributed by atoms with E-state index in [1.165, 1.54) is 4.68 Å². The summed E-state index contributed by atoms with van der Waals surface area (Å²) >= 11 is 0. The molecule has 84 valence electrons. The molecule has 4 heteroatoms. The molecule has 0 unspecified atom stereocenters. The van der Waals surface area contributed by atoms with Crippen LogP contribution in [0.3, 0.4) is 0 Å². The topological polar surface area (TPSA) is 58.7 Å². The van der Waals surface area contributed by atoms with E-state index in [9.17, 15) is 4.79 Å². The zero-order chi connectivity index (χ0) is 12.3. The van der Waals surface area contributed by atoms with Crippen LogP contribution in [0.5, 0.6) is 0 Å². The first-order valence-corrected chi connectivity index (χ1v) is 5.34. The Morgan fingerprint density at radius 3 is 2.65 bits per heavy atom. The van der Waals surface area contributed by atoms with Gasteiger partial charge in [-0.15, -0.1) is 0 Å². The van der Waals surface area contributed by atoms with Crippen molar-refractivity contribution in [2.24, 2.45) is 0 Å².